The number of nitrogens with zero attached hydrogens (tertiary/aromatic N) is 4. The highest BCUT2D eigenvalue weighted by Crippen LogP contribution is 2.25. The van der Waals surface area contributed by atoms with E-state index < -0.39 is 15.7 Å². The molecule has 0 aliphatic rings. The van der Waals surface area contributed by atoms with Gasteiger partial charge < -0.3 is 14.0 Å². The number of methoxy groups -OCH3 is 1. The lowest BCUT2D eigenvalue weighted by Gasteiger charge is -2.09. The lowest BCUT2D eigenvalue weighted by molar-refractivity contribution is -0.112. The van der Waals surface area contributed by atoms with Gasteiger partial charge in [0.05, 0.1) is 19.4 Å². The molecule has 1 amide bonds. The van der Waals surface area contributed by atoms with Gasteiger partial charge in [-0.1, -0.05) is 42.5 Å². The Bertz CT molecular complexity index is 1620. The molecule has 37 heavy (non-hydrogen) atoms. The molecule has 190 valence electrons. The number of para-hydroxylation sites is 1. The van der Waals surface area contributed by atoms with Crippen LogP contribution in [0.5, 0.6) is 11.5 Å². The van der Waals surface area contributed by atoms with Gasteiger partial charge >= 0.3 is 0 Å². The fourth-order valence-electron chi connectivity index (χ4n) is 3.51. The Morgan fingerprint density at radius 2 is 1.97 bits per heavy atom. The molecule has 0 saturated heterocycles. The van der Waals surface area contributed by atoms with Crippen LogP contribution in [0.25, 0.3) is 17.0 Å². The molecular weight excluding hydrogens is 514 g/mol. The minimum atomic E-state index is -3.54. The Morgan fingerprint density at radius 3 is 2.73 bits per heavy atom. The van der Waals surface area contributed by atoms with Gasteiger partial charge in [-0.2, -0.15) is 5.26 Å². The molecule has 0 aliphatic heterocycles. The van der Waals surface area contributed by atoms with E-state index >= 15 is 0 Å². The number of sulfone groups is 1. The second-order valence-electron chi connectivity index (χ2n) is 7.72. The largest absolute Gasteiger partial charge is 0.497 e. The van der Waals surface area contributed by atoms with Gasteiger partial charge in [0, 0.05) is 28.7 Å². The quantitative estimate of drug-likeness (QED) is 0.183. The van der Waals surface area contributed by atoms with Crippen LogP contribution in [0.1, 0.15) is 12.5 Å². The van der Waals surface area contributed by atoms with Crippen molar-refractivity contribution in [3.8, 4) is 17.6 Å². The van der Waals surface area contributed by atoms with Gasteiger partial charge in [-0.05, 0) is 24.3 Å². The summed E-state index contributed by atoms with van der Waals surface area (Å²) in [5, 5.41) is 20.3. The minimum Gasteiger partial charge on any atom is -0.497 e. The first-order valence-electron chi connectivity index (χ1n) is 11.2. The predicted octanol–water partition coefficient (Wildman–Crippen LogP) is 3.92. The maximum absolute atomic E-state index is 12.8. The Labute approximate surface area is 217 Å². The van der Waals surface area contributed by atoms with Crippen LogP contribution in [0.3, 0.4) is 0 Å². The standard InChI is InChI=1S/C25H23N5O5S2/c1-3-37(32,33)25-29-28-24(36-25)27-23(31)17(15-26)13-18-16-30(22-10-5-4-9-21(18)22)11-12-35-20-8-6-7-19(14-20)34-2/h4-10,13-14,16H,3,11-12H2,1-2H3,(H,27,28,31)/b17-13-. The van der Waals surface area contributed by atoms with Gasteiger partial charge in [0.25, 0.3) is 5.91 Å². The summed E-state index contributed by atoms with van der Waals surface area (Å²) in [5.74, 6) is 0.548. The average molecular weight is 538 g/mol. The minimum absolute atomic E-state index is 0.00436. The van der Waals surface area contributed by atoms with Crippen LogP contribution in [0.4, 0.5) is 5.13 Å². The normalized spacial score (nSPS) is 11.8. The maximum Gasteiger partial charge on any atom is 0.268 e. The summed E-state index contributed by atoms with van der Waals surface area (Å²) in [7, 11) is -1.95. The number of benzene rings is 2. The van der Waals surface area contributed by atoms with Crippen molar-refractivity contribution < 1.29 is 22.7 Å². The molecule has 0 atom stereocenters. The van der Waals surface area contributed by atoms with Gasteiger partial charge in [-0.3, -0.25) is 10.1 Å². The molecule has 0 bridgehead atoms. The summed E-state index contributed by atoms with van der Waals surface area (Å²) in [4.78, 5) is 12.8. The van der Waals surface area contributed by atoms with Crippen molar-refractivity contribution in [2.75, 3.05) is 24.8 Å². The van der Waals surface area contributed by atoms with Gasteiger partial charge in [0.1, 0.15) is 29.7 Å². The number of hydrogen-bond donors (Lipinski definition) is 1. The van der Waals surface area contributed by atoms with Crippen molar-refractivity contribution in [3.63, 3.8) is 0 Å². The molecule has 0 radical (unpaired) electrons. The molecule has 0 fully saturated rings. The summed E-state index contributed by atoms with van der Waals surface area (Å²) in [5.41, 5.74) is 1.43. The van der Waals surface area contributed by atoms with Gasteiger partial charge in [0.2, 0.25) is 19.3 Å². The van der Waals surface area contributed by atoms with Gasteiger partial charge in [0.15, 0.2) is 0 Å². The zero-order valence-electron chi connectivity index (χ0n) is 20.0. The third-order valence-electron chi connectivity index (χ3n) is 5.40. The number of ether oxygens (including phenoxy) is 2. The molecule has 4 aromatic rings. The van der Waals surface area contributed by atoms with E-state index in [-0.39, 0.29) is 20.8 Å². The molecule has 0 aliphatic carbocycles. The molecule has 2 aromatic heterocycles. The molecule has 4 rings (SSSR count). The number of rotatable bonds is 10. The van der Waals surface area contributed by atoms with Crippen molar-refractivity contribution >= 4 is 49.2 Å². The van der Waals surface area contributed by atoms with E-state index in [9.17, 15) is 18.5 Å². The van der Waals surface area contributed by atoms with Crippen molar-refractivity contribution in [1.29, 1.82) is 5.26 Å². The van der Waals surface area contributed by atoms with Crippen LogP contribution >= 0.6 is 11.3 Å². The number of aromatic nitrogens is 3. The van der Waals surface area contributed by atoms with Crippen molar-refractivity contribution in [2.24, 2.45) is 0 Å². The highest BCUT2D eigenvalue weighted by atomic mass is 32.2. The summed E-state index contributed by atoms with van der Waals surface area (Å²) in [6.07, 6.45) is 3.34. The predicted molar refractivity (Wildman–Crippen MR) is 140 cm³/mol. The molecule has 0 saturated carbocycles. The molecular formula is C25H23N5O5S2. The summed E-state index contributed by atoms with van der Waals surface area (Å²) >= 11 is 0.738. The second-order valence-corrected chi connectivity index (χ2v) is 11.2. The number of nitriles is 1. The fourth-order valence-corrected chi connectivity index (χ4v) is 5.49. The Kier molecular flexibility index (Phi) is 7.86. The van der Waals surface area contributed by atoms with E-state index in [0.717, 1.165) is 22.2 Å². The number of carbonyl (C=O) groups excluding carboxylic acids is 1. The number of amides is 1. The Hall–Kier alpha value is -4.21. The van der Waals surface area contributed by atoms with Crippen molar-refractivity contribution in [3.05, 3.63) is 65.9 Å². The zero-order chi connectivity index (χ0) is 26.4. The van der Waals surface area contributed by atoms with Crippen LogP contribution in [-0.2, 0) is 21.2 Å². The van der Waals surface area contributed by atoms with Gasteiger partial charge in [-0.15, -0.1) is 10.2 Å². The molecule has 1 N–H and O–H groups in total. The second kappa shape index (κ2) is 11.2. The van der Waals surface area contributed by atoms with Crippen LogP contribution in [0, 0.1) is 11.3 Å². The van der Waals surface area contributed by atoms with E-state index in [1.54, 1.807) is 13.2 Å². The van der Waals surface area contributed by atoms with E-state index in [2.05, 4.69) is 15.5 Å². The van der Waals surface area contributed by atoms with E-state index in [1.165, 1.54) is 13.0 Å². The number of fused-ring (bicyclic) bond motifs is 1. The third kappa shape index (κ3) is 5.96. The first kappa shape index (κ1) is 25.9. The number of hydrogen-bond acceptors (Lipinski definition) is 9. The summed E-state index contributed by atoms with van der Waals surface area (Å²) in [6.45, 7) is 2.41. The monoisotopic (exact) mass is 537 g/mol. The Morgan fingerprint density at radius 1 is 1.19 bits per heavy atom. The lowest BCUT2D eigenvalue weighted by Crippen LogP contribution is -2.13. The number of nitrogens with one attached hydrogen (secondary N) is 1. The van der Waals surface area contributed by atoms with Crippen molar-refractivity contribution in [1.82, 2.24) is 14.8 Å². The smallest absolute Gasteiger partial charge is 0.268 e. The molecule has 0 unspecified atom stereocenters. The van der Waals surface area contributed by atoms with Crippen LogP contribution < -0.4 is 14.8 Å². The fraction of sp³-hybridized carbons (Fsp3) is 0.200. The summed E-state index contributed by atoms with van der Waals surface area (Å²) in [6, 6.07) is 16.9. The first-order valence-corrected chi connectivity index (χ1v) is 13.7. The highest BCUT2D eigenvalue weighted by molar-refractivity contribution is 7.93. The lowest BCUT2D eigenvalue weighted by atomic mass is 10.1. The van der Waals surface area contributed by atoms with E-state index in [0.29, 0.717) is 30.2 Å². The topological polar surface area (TPSA) is 136 Å². The molecule has 12 heteroatoms. The van der Waals surface area contributed by atoms with E-state index in [4.69, 9.17) is 9.47 Å². The van der Waals surface area contributed by atoms with Crippen LogP contribution in [-0.4, -0.2) is 48.6 Å². The molecule has 0 spiro atoms. The van der Waals surface area contributed by atoms with Crippen LogP contribution in [0.15, 0.2) is 64.6 Å². The van der Waals surface area contributed by atoms with Crippen LogP contribution in [0.2, 0.25) is 0 Å². The Balaban J connectivity index is 1.53. The first-order chi connectivity index (χ1) is 17.8. The molecule has 2 aromatic carbocycles. The zero-order valence-corrected chi connectivity index (χ0v) is 21.7. The van der Waals surface area contributed by atoms with E-state index in [1.807, 2.05) is 59.3 Å². The summed E-state index contributed by atoms with van der Waals surface area (Å²) < 4.78 is 36.8. The highest BCUT2D eigenvalue weighted by Gasteiger charge is 2.20. The van der Waals surface area contributed by atoms with Crippen molar-refractivity contribution in [2.45, 2.75) is 17.8 Å². The third-order valence-corrected chi connectivity index (χ3v) is 8.42. The maximum atomic E-state index is 12.8. The van der Waals surface area contributed by atoms with Gasteiger partial charge in [-0.25, -0.2) is 8.42 Å². The average Bonchev–Trinajstić information content (AvgIpc) is 3.53. The number of anilines is 1. The number of carbonyl (C=O) groups is 1. The SMILES string of the molecule is CCS(=O)(=O)c1nnc(NC(=O)/C(C#N)=C\c2cn(CCOc3cccc(OC)c3)c3ccccc23)s1. The molecule has 2 heterocycles. The molecule has 10 nitrogen and oxygen atoms in total.